The van der Waals surface area contributed by atoms with Gasteiger partial charge in [0.2, 0.25) is 5.91 Å². The van der Waals surface area contributed by atoms with Crippen LogP contribution in [0, 0.1) is 5.92 Å². The highest BCUT2D eigenvalue weighted by atomic mass is 16.1. The summed E-state index contributed by atoms with van der Waals surface area (Å²) in [5.41, 5.74) is 1.14. The number of hydrogen-bond acceptors (Lipinski definition) is 2. The highest BCUT2D eigenvalue weighted by Gasteiger charge is 2.14. The Kier molecular flexibility index (Phi) is 4.81. The molecule has 1 saturated heterocycles. The second-order valence-electron chi connectivity index (χ2n) is 5.14. The van der Waals surface area contributed by atoms with Crippen LogP contribution >= 0.6 is 0 Å². The first-order valence-electron chi connectivity index (χ1n) is 6.83. The molecule has 0 bridgehead atoms. The molecule has 1 aromatic rings. The van der Waals surface area contributed by atoms with Gasteiger partial charge in [0.1, 0.15) is 0 Å². The first-order valence-corrected chi connectivity index (χ1v) is 6.83. The summed E-state index contributed by atoms with van der Waals surface area (Å²) in [4.78, 5) is 11.8. The largest absolute Gasteiger partial charge is 0.353 e. The number of rotatable bonds is 5. The van der Waals surface area contributed by atoms with Crippen molar-refractivity contribution in [3.8, 4) is 0 Å². The first-order chi connectivity index (χ1) is 8.75. The molecule has 18 heavy (non-hydrogen) atoms. The number of piperidine rings is 1. The fourth-order valence-corrected chi connectivity index (χ4v) is 2.46. The van der Waals surface area contributed by atoms with E-state index in [0.29, 0.717) is 18.9 Å². The van der Waals surface area contributed by atoms with Crippen LogP contribution in [0.25, 0.3) is 0 Å². The summed E-state index contributed by atoms with van der Waals surface area (Å²) in [7, 11) is 2.00. The van der Waals surface area contributed by atoms with Crippen LogP contribution < -0.4 is 10.6 Å². The van der Waals surface area contributed by atoms with Crippen molar-refractivity contribution < 1.29 is 4.79 Å². The quantitative estimate of drug-likeness (QED) is 0.829. The Morgan fingerprint density at radius 2 is 2.50 bits per heavy atom. The Balaban J connectivity index is 1.64. The molecule has 0 saturated carbocycles. The topological polar surface area (TPSA) is 46.1 Å². The van der Waals surface area contributed by atoms with Crippen molar-refractivity contribution in [1.29, 1.82) is 0 Å². The molecule has 0 radical (unpaired) electrons. The van der Waals surface area contributed by atoms with Crippen LogP contribution in [0.2, 0.25) is 0 Å². The van der Waals surface area contributed by atoms with Crippen molar-refractivity contribution in [2.75, 3.05) is 13.1 Å². The highest BCUT2D eigenvalue weighted by molar-refractivity contribution is 5.75. The molecule has 1 aliphatic heterocycles. The van der Waals surface area contributed by atoms with E-state index >= 15 is 0 Å². The SMILES string of the molecule is Cn1cccc1CNC(=O)CCC1CCCNC1. The molecule has 2 N–H and O–H groups in total. The molecule has 0 aliphatic carbocycles. The third kappa shape index (κ3) is 3.88. The summed E-state index contributed by atoms with van der Waals surface area (Å²) in [5.74, 6) is 0.848. The third-order valence-corrected chi connectivity index (χ3v) is 3.70. The lowest BCUT2D eigenvalue weighted by molar-refractivity contribution is -0.121. The average molecular weight is 249 g/mol. The number of aromatic nitrogens is 1. The van der Waals surface area contributed by atoms with E-state index in [-0.39, 0.29) is 5.91 Å². The fraction of sp³-hybridized carbons (Fsp3) is 0.643. The van der Waals surface area contributed by atoms with E-state index in [1.54, 1.807) is 0 Å². The minimum Gasteiger partial charge on any atom is -0.353 e. The van der Waals surface area contributed by atoms with E-state index in [2.05, 4.69) is 10.6 Å². The number of nitrogens with one attached hydrogen (secondary N) is 2. The Bertz CT molecular complexity index is 380. The summed E-state index contributed by atoms with van der Waals surface area (Å²) in [6.45, 7) is 2.84. The van der Waals surface area contributed by atoms with Gasteiger partial charge in [-0.3, -0.25) is 4.79 Å². The number of aryl methyl sites for hydroxylation is 1. The zero-order valence-corrected chi connectivity index (χ0v) is 11.1. The van der Waals surface area contributed by atoms with Crippen molar-refractivity contribution in [1.82, 2.24) is 15.2 Å². The summed E-state index contributed by atoms with van der Waals surface area (Å²) in [6.07, 6.45) is 6.16. The summed E-state index contributed by atoms with van der Waals surface area (Å²) in [6, 6.07) is 4.03. The number of hydrogen-bond donors (Lipinski definition) is 2. The number of nitrogens with zero attached hydrogens (tertiary/aromatic N) is 1. The average Bonchev–Trinajstić information content (AvgIpc) is 2.81. The molecule has 1 aromatic heterocycles. The van der Waals surface area contributed by atoms with E-state index in [4.69, 9.17) is 0 Å². The van der Waals surface area contributed by atoms with Crippen LogP contribution in [-0.4, -0.2) is 23.6 Å². The van der Waals surface area contributed by atoms with Gasteiger partial charge in [-0.15, -0.1) is 0 Å². The Morgan fingerprint density at radius 1 is 1.61 bits per heavy atom. The summed E-state index contributed by atoms with van der Waals surface area (Å²) >= 11 is 0. The van der Waals surface area contributed by atoms with Gasteiger partial charge in [-0.25, -0.2) is 0 Å². The molecular weight excluding hydrogens is 226 g/mol. The van der Waals surface area contributed by atoms with Gasteiger partial charge in [0.15, 0.2) is 0 Å². The lowest BCUT2D eigenvalue weighted by Crippen LogP contribution is -2.31. The lowest BCUT2D eigenvalue weighted by atomic mass is 9.94. The molecule has 2 heterocycles. The molecule has 1 amide bonds. The van der Waals surface area contributed by atoms with Gasteiger partial charge in [0, 0.05) is 25.4 Å². The second-order valence-corrected chi connectivity index (χ2v) is 5.14. The molecule has 4 nitrogen and oxygen atoms in total. The predicted octanol–water partition coefficient (Wildman–Crippen LogP) is 1.42. The monoisotopic (exact) mass is 249 g/mol. The zero-order valence-electron chi connectivity index (χ0n) is 11.1. The van der Waals surface area contributed by atoms with Crippen LogP contribution in [-0.2, 0) is 18.4 Å². The first kappa shape index (κ1) is 13.1. The lowest BCUT2D eigenvalue weighted by Gasteiger charge is -2.22. The van der Waals surface area contributed by atoms with Gasteiger partial charge in [-0.1, -0.05) is 0 Å². The second kappa shape index (κ2) is 6.59. The molecule has 0 aromatic carbocycles. The zero-order chi connectivity index (χ0) is 12.8. The molecule has 1 aliphatic rings. The van der Waals surface area contributed by atoms with Gasteiger partial charge in [-0.05, 0) is 50.4 Å². The van der Waals surface area contributed by atoms with E-state index in [1.165, 1.54) is 12.8 Å². The predicted molar refractivity (Wildman–Crippen MR) is 72.1 cm³/mol. The van der Waals surface area contributed by atoms with E-state index in [9.17, 15) is 4.79 Å². The smallest absolute Gasteiger partial charge is 0.220 e. The van der Waals surface area contributed by atoms with Gasteiger partial charge in [-0.2, -0.15) is 0 Å². The van der Waals surface area contributed by atoms with Crippen LogP contribution in [0.15, 0.2) is 18.3 Å². The maximum absolute atomic E-state index is 11.8. The molecule has 2 rings (SSSR count). The van der Waals surface area contributed by atoms with Crippen LogP contribution in [0.1, 0.15) is 31.4 Å². The fourth-order valence-electron chi connectivity index (χ4n) is 2.46. The highest BCUT2D eigenvalue weighted by Crippen LogP contribution is 2.15. The molecule has 100 valence electrons. The van der Waals surface area contributed by atoms with Gasteiger partial charge >= 0.3 is 0 Å². The van der Waals surface area contributed by atoms with Crippen molar-refractivity contribution in [2.45, 2.75) is 32.2 Å². The maximum Gasteiger partial charge on any atom is 0.220 e. The Labute approximate surface area is 109 Å². The van der Waals surface area contributed by atoms with Gasteiger partial charge in [0.25, 0.3) is 0 Å². The standard InChI is InChI=1S/C14H23N3O/c1-17-9-3-5-13(17)11-16-14(18)7-6-12-4-2-8-15-10-12/h3,5,9,12,15H,2,4,6-8,10-11H2,1H3,(H,16,18). The van der Waals surface area contributed by atoms with Crippen molar-refractivity contribution >= 4 is 5.91 Å². The number of amides is 1. The minimum absolute atomic E-state index is 0.168. The molecule has 4 heteroatoms. The summed E-state index contributed by atoms with van der Waals surface area (Å²) < 4.78 is 2.03. The summed E-state index contributed by atoms with van der Waals surface area (Å²) in [5, 5.41) is 6.37. The molecule has 1 unspecified atom stereocenters. The number of carbonyl (C=O) groups is 1. The Hall–Kier alpha value is -1.29. The minimum atomic E-state index is 0.168. The van der Waals surface area contributed by atoms with Gasteiger partial charge < -0.3 is 15.2 Å². The Morgan fingerprint density at radius 3 is 3.17 bits per heavy atom. The van der Waals surface area contributed by atoms with Crippen molar-refractivity contribution in [3.05, 3.63) is 24.0 Å². The van der Waals surface area contributed by atoms with E-state index < -0.39 is 0 Å². The molecule has 0 spiro atoms. The molecule has 1 fully saturated rings. The maximum atomic E-state index is 11.8. The van der Waals surface area contributed by atoms with Crippen LogP contribution in [0.4, 0.5) is 0 Å². The van der Waals surface area contributed by atoms with E-state index in [0.717, 1.165) is 25.2 Å². The third-order valence-electron chi connectivity index (χ3n) is 3.70. The van der Waals surface area contributed by atoms with Crippen LogP contribution in [0.3, 0.4) is 0 Å². The van der Waals surface area contributed by atoms with Gasteiger partial charge in [0.05, 0.1) is 6.54 Å². The number of carbonyl (C=O) groups excluding carboxylic acids is 1. The van der Waals surface area contributed by atoms with Crippen molar-refractivity contribution in [3.63, 3.8) is 0 Å². The van der Waals surface area contributed by atoms with E-state index in [1.807, 2.05) is 29.9 Å². The van der Waals surface area contributed by atoms with Crippen LogP contribution in [0.5, 0.6) is 0 Å². The normalized spacial score (nSPS) is 19.7. The molecule has 1 atom stereocenters. The van der Waals surface area contributed by atoms with Crippen molar-refractivity contribution in [2.24, 2.45) is 13.0 Å². The molecular formula is C14H23N3O.